The minimum Gasteiger partial charge on any atom is -0.464 e. The number of rotatable bonds is 4. The van der Waals surface area contributed by atoms with Crippen molar-refractivity contribution in [2.24, 2.45) is 0 Å². The zero-order valence-corrected chi connectivity index (χ0v) is 15.2. The number of amides is 1. The summed E-state index contributed by atoms with van der Waals surface area (Å²) in [5, 5.41) is 4.09. The first-order valence-corrected chi connectivity index (χ1v) is 8.81. The van der Waals surface area contributed by atoms with E-state index >= 15 is 0 Å². The van der Waals surface area contributed by atoms with Crippen LogP contribution >= 0.6 is 11.6 Å². The number of aromatic amines is 1. The molecular formula is C18H22ClN3O3. The number of carbonyl (C=O) groups excluding carboxylic acids is 2. The predicted molar refractivity (Wildman–Crippen MR) is 98.2 cm³/mol. The number of hydrogen-bond donors (Lipinski definition) is 2. The van der Waals surface area contributed by atoms with Gasteiger partial charge in [-0.3, -0.25) is 9.69 Å². The van der Waals surface area contributed by atoms with Crippen molar-refractivity contribution in [3.05, 3.63) is 28.9 Å². The monoisotopic (exact) mass is 363 g/mol. The number of ether oxygens (including phenoxy) is 1. The zero-order valence-electron chi connectivity index (χ0n) is 14.4. The van der Waals surface area contributed by atoms with Crippen LogP contribution in [0.5, 0.6) is 0 Å². The van der Waals surface area contributed by atoms with Crippen molar-refractivity contribution >= 4 is 40.1 Å². The van der Waals surface area contributed by atoms with E-state index in [2.05, 4.69) is 22.1 Å². The van der Waals surface area contributed by atoms with Gasteiger partial charge in [0.05, 0.1) is 19.3 Å². The minimum atomic E-state index is -0.533. The van der Waals surface area contributed by atoms with E-state index in [9.17, 15) is 9.59 Å². The summed E-state index contributed by atoms with van der Waals surface area (Å²) in [5.41, 5.74) is 1.35. The lowest BCUT2D eigenvalue weighted by Crippen LogP contribution is -2.42. The highest BCUT2D eigenvalue weighted by molar-refractivity contribution is 6.31. The van der Waals surface area contributed by atoms with Gasteiger partial charge >= 0.3 is 5.97 Å². The molecule has 7 heteroatoms. The summed E-state index contributed by atoms with van der Waals surface area (Å²) in [7, 11) is 1.31. The Morgan fingerprint density at radius 1 is 1.40 bits per heavy atom. The summed E-state index contributed by atoms with van der Waals surface area (Å²) in [6.45, 7) is 3.35. The first kappa shape index (κ1) is 17.8. The maximum atomic E-state index is 12.6. The average molecular weight is 364 g/mol. The fraction of sp³-hybridized carbons (Fsp3) is 0.444. The molecule has 0 bridgehead atoms. The molecule has 6 nitrogen and oxygen atoms in total. The van der Waals surface area contributed by atoms with Crippen LogP contribution in [0.2, 0.25) is 5.02 Å². The number of fused-ring (bicyclic) bond motifs is 1. The molecule has 2 aromatic rings. The largest absolute Gasteiger partial charge is 0.464 e. The number of benzene rings is 1. The van der Waals surface area contributed by atoms with E-state index in [1.807, 2.05) is 0 Å². The number of piperidine rings is 1. The molecule has 0 aliphatic carbocycles. The predicted octanol–water partition coefficient (Wildman–Crippen LogP) is 3.42. The van der Waals surface area contributed by atoms with Crippen molar-refractivity contribution in [3.63, 3.8) is 0 Å². The first-order chi connectivity index (χ1) is 12.0. The molecule has 2 N–H and O–H groups in total. The Balaban J connectivity index is 1.87. The Kier molecular flexibility index (Phi) is 5.30. The molecule has 0 radical (unpaired) electrons. The molecule has 1 saturated heterocycles. The maximum absolute atomic E-state index is 12.6. The van der Waals surface area contributed by atoms with E-state index < -0.39 is 5.97 Å². The fourth-order valence-electron chi connectivity index (χ4n) is 3.31. The van der Waals surface area contributed by atoms with E-state index in [1.165, 1.54) is 13.5 Å². The minimum absolute atomic E-state index is 0.153. The topological polar surface area (TPSA) is 74.4 Å². The van der Waals surface area contributed by atoms with E-state index in [0.29, 0.717) is 34.2 Å². The summed E-state index contributed by atoms with van der Waals surface area (Å²) in [5.74, 6) is -0.686. The van der Waals surface area contributed by atoms with Gasteiger partial charge in [0, 0.05) is 22.0 Å². The van der Waals surface area contributed by atoms with Gasteiger partial charge in [-0.2, -0.15) is 0 Å². The molecule has 1 atom stereocenters. The van der Waals surface area contributed by atoms with Crippen molar-refractivity contribution in [3.8, 4) is 0 Å². The third kappa shape index (κ3) is 3.80. The number of likely N-dealkylation sites (tertiary alicyclic amines) is 1. The number of anilines is 1. The second-order valence-corrected chi connectivity index (χ2v) is 6.86. The van der Waals surface area contributed by atoms with Gasteiger partial charge in [-0.15, -0.1) is 0 Å². The lowest BCUT2D eigenvalue weighted by Gasteiger charge is -2.32. The molecule has 1 aliphatic heterocycles. The highest BCUT2D eigenvalue weighted by Gasteiger charge is 2.24. The Morgan fingerprint density at radius 3 is 2.92 bits per heavy atom. The Labute approximate surface area is 151 Å². The van der Waals surface area contributed by atoms with Gasteiger partial charge in [0.25, 0.3) is 0 Å². The number of esters is 1. The third-order valence-electron chi connectivity index (χ3n) is 4.70. The van der Waals surface area contributed by atoms with Crippen LogP contribution in [0.4, 0.5) is 5.69 Å². The standard InChI is InChI=1S/C18H22ClN3O3/c1-11-5-3-4-8-22(11)10-15(23)21-16-13-9-12(19)6-7-14(13)20-17(16)18(24)25-2/h6-7,9,11,20H,3-5,8,10H2,1-2H3,(H,21,23)/t11-/m1/s1. The van der Waals surface area contributed by atoms with E-state index in [-0.39, 0.29) is 11.6 Å². The Morgan fingerprint density at radius 2 is 2.20 bits per heavy atom. The van der Waals surface area contributed by atoms with Crippen molar-refractivity contribution in [2.45, 2.75) is 32.2 Å². The number of halogens is 1. The average Bonchev–Trinajstić information content (AvgIpc) is 2.94. The number of hydrogen-bond acceptors (Lipinski definition) is 4. The molecule has 134 valence electrons. The highest BCUT2D eigenvalue weighted by atomic mass is 35.5. The molecule has 1 amide bonds. The summed E-state index contributed by atoms with van der Waals surface area (Å²) in [6.07, 6.45) is 3.41. The summed E-state index contributed by atoms with van der Waals surface area (Å²) >= 11 is 6.07. The smallest absolute Gasteiger partial charge is 0.356 e. The molecule has 0 unspecified atom stereocenters. The van der Waals surface area contributed by atoms with Crippen LogP contribution < -0.4 is 5.32 Å². The quantitative estimate of drug-likeness (QED) is 0.816. The first-order valence-electron chi connectivity index (χ1n) is 8.43. The molecular weight excluding hydrogens is 342 g/mol. The van der Waals surface area contributed by atoms with Crippen molar-refractivity contribution in [1.82, 2.24) is 9.88 Å². The van der Waals surface area contributed by atoms with Crippen LogP contribution in [0, 0.1) is 0 Å². The molecule has 1 aliphatic rings. The Hall–Kier alpha value is -2.05. The number of H-pyrrole nitrogens is 1. The maximum Gasteiger partial charge on any atom is 0.356 e. The fourth-order valence-corrected chi connectivity index (χ4v) is 3.48. The molecule has 0 saturated carbocycles. The summed E-state index contributed by atoms with van der Waals surface area (Å²) in [6, 6.07) is 5.60. The van der Waals surface area contributed by atoms with Gasteiger partial charge in [0.1, 0.15) is 5.69 Å². The van der Waals surface area contributed by atoms with Gasteiger partial charge in [-0.05, 0) is 44.5 Å². The number of carbonyl (C=O) groups is 2. The van der Waals surface area contributed by atoms with Crippen LogP contribution in [-0.2, 0) is 9.53 Å². The van der Waals surface area contributed by atoms with E-state index in [1.54, 1.807) is 18.2 Å². The molecule has 25 heavy (non-hydrogen) atoms. The van der Waals surface area contributed by atoms with E-state index in [0.717, 1.165) is 19.4 Å². The lowest BCUT2D eigenvalue weighted by molar-refractivity contribution is -0.118. The van der Waals surface area contributed by atoms with Crippen molar-refractivity contribution in [1.29, 1.82) is 0 Å². The highest BCUT2D eigenvalue weighted by Crippen LogP contribution is 2.30. The van der Waals surface area contributed by atoms with Crippen LogP contribution in [0.1, 0.15) is 36.7 Å². The van der Waals surface area contributed by atoms with Gasteiger partial charge in [0.2, 0.25) is 5.91 Å². The van der Waals surface area contributed by atoms with Gasteiger partial charge < -0.3 is 15.0 Å². The molecule has 2 heterocycles. The molecule has 0 spiro atoms. The second-order valence-electron chi connectivity index (χ2n) is 6.42. The number of nitrogens with one attached hydrogen (secondary N) is 2. The van der Waals surface area contributed by atoms with Crippen molar-refractivity contribution < 1.29 is 14.3 Å². The van der Waals surface area contributed by atoms with Crippen LogP contribution in [0.15, 0.2) is 18.2 Å². The summed E-state index contributed by atoms with van der Waals surface area (Å²) in [4.78, 5) is 29.8. The zero-order chi connectivity index (χ0) is 18.0. The molecule has 1 aromatic carbocycles. The number of methoxy groups -OCH3 is 1. The molecule has 1 fully saturated rings. The second kappa shape index (κ2) is 7.45. The molecule has 1 aromatic heterocycles. The number of nitrogens with zero attached hydrogens (tertiary/aromatic N) is 1. The Bertz CT molecular complexity index is 802. The van der Waals surface area contributed by atoms with Crippen LogP contribution in [0.25, 0.3) is 10.9 Å². The number of aromatic nitrogens is 1. The molecule has 3 rings (SSSR count). The van der Waals surface area contributed by atoms with Gasteiger partial charge in [-0.1, -0.05) is 18.0 Å². The van der Waals surface area contributed by atoms with Crippen molar-refractivity contribution in [2.75, 3.05) is 25.5 Å². The van der Waals surface area contributed by atoms with Gasteiger partial charge in [-0.25, -0.2) is 4.79 Å². The SMILES string of the molecule is COC(=O)c1[nH]c2ccc(Cl)cc2c1NC(=O)CN1CCCC[C@H]1C. The van der Waals surface area contributed by atoms with Crippen LogP contribution in [-0.4, -0.2) is 48.0 Å². The van der Waals surface area contributed by atoms with E-state index in [4.69, 9.17) is 16.3 Å². The van der Waals surface area contributed by atoms with Crippen LogP contribution in [0.3, 0.4) is 0 Å². The normalized spacial score (nSPS) is 18.3. The van der Waals surface area contributed by atoms with Gasteiger partial charge in [0.15, 0.2) is 0 Å². The lowest BCUT2D eigenvalue weighted by atomic mass is 10.0. The third-order valence-corrected chi connectivity index (χ3v) is 4.94. The summed E-state index contributed by atoms with van der Waals surface area (Å²) < 4.78 is 4.82.